The van der Waals surface area contributed by atoms with Crippen molar-refractivity contribution in [3.05, 3.63) is 29.8 Å². The highest BCUT2D eigenvalue weighted by Gasteiger charge is 2.20. The van der Waals surface area contributed by atoms with Gasteiger partial charge < -0.3 is 15.0 Å². The molecule has 0 saturated heterocycles. The smallest absolute Gasteiger partial charge is 0.0474 e. The summed E-state index contributed by atoms with van der Waals surface area (Å²) in [7, 11) is 1.76. The fraction of sp³-hybridized carbons (Fsp3) is 0.625. The van der Waals surface area contributed by atoms with Crippen molar-refractivity contribution in [2.45, 2.75) is 19.8 Å². The van der Waals surface area contributed by atoms with Crippen LogP contribution in [0.4, 0.5) is 5.69 Å². The zero-order valence-electron chi connectivity index (χ0n) is 12.2. The number of hydrogen-bond acceptors (Lipinski definition) is 3. The predicted octanol–water partition coefficient (Wildman–Crippen LogP) is 2.31. The van der Waals surface area contributed by atoms with Crippen LogP contribution in [0.25, 0.3) is 0 Å². The van der Waals surface area contributed by atoms with Gasteiger partial charge in [-0.2, -0.15) is 0 Å². The fourth-order valence-corrected chi connectivity index (χ4v) is 2.80. The van der Waals surface area contributed by atoms with E-state index in [-0.39, 0.29) is 0 Å². The maximum absolute atomic E-state index is 5.05. The Morgan fingerprint density at radius 3 is 3.00 bits per heavy atom. The molecule has 0 saturated carbocycles. The normalized spacial score (nSPS) is 18.4. The van der Waals surface area contributed by atoms with Gasteiger partial charge in [-0.3, -0.25) is 0 Å². The lowest BCUT2D eigenvalue weighted by Gasteiger charge is -2.35. The molecule has 1 aromatic carbocycles. The lowest BCUT2D eigenvalue weighted by atomic mass is 9.94. The van der Waals surface area contributed by atoms with Crippen LogP contribution in [0.5, 0.6) is 0 Å². The molecule has 0 amide bonds. The Morgan fingerprint density at radius 1 is 1.32 bits per heavy atom. The summed E-state index contributed by atoms with van der Waals surface area (Å²) in [6.07, 6.45) is 2.30. The summed E-state index contributed by atoms with van der Waals surface area (Å²) in [6.45, 7) is 7.54. The van der Waals surface area contributed by atoms with Gasteiger partial charge in [0.2, 0.25) is 0 Å². The van der Waals surface area contributed by atoms with Crippen LogP contribution in [0.2, 0.25) is 0 Å². The lowest BCUT2D eigenvalue weighted by molar-refractivity contribution is 0.194. The standard InChI is InChI=1S/C16H26N2O/c1-14-12-15-6-3-4-7-16(15)18(13-14)10-9-17-8-5-11-19-2/h3-4,6-7,14,17H,5,8-13H2,1-2H3. The Hall–Kier alpha value is -1.06. The summed E-state index contributed by atoms with van der Waals surface area (Å²) >= 11 is 0. The summed E-state index contributed by atoms with van der Waals surface area (Å²) in [5.41, 5.74) is 2.93. The van der Waals surface area contributed by atoms with Gasteiger partial charge in [-0.15, -0.1) is 0 Å². The third-order valence-corrected chi connectivity index (χ3v) is 3.69. The van der Waals surface area contributed by atoms with Crippen LogP contribution in [-0.2, 0) is 11.2 Å². The molecule has 1 N–H and O–H groups in total. The van der Waals surface area contributed by atoms with Crippen LogP contribution in [0.3, 0.4) is 0 Å². The van der Waals surface area contributed by atoms with Crippen molar-refractivity contribution in [2.75, 3.05) is 44.8 Å². The van der Waals surface area contributed by atoms with E-state index < -0.39 is 0 Å². The summed E-state index contributed by atoms with van der Waals surface area (Å²) < 4.78 is 5.05. The first-order valence-corrected chi connectivity index (χ1v) is 7.33. The molecule has 3 nitrogen and oxygen atoms in total. The number of para-hydroxylation sites is 1. The van der Waals surface area contributed by atoms with Gasteiger partial charge in [-0.25, -0.2) is 0 Å². The molecule has 0 bridgehead atoms. The maximum atomic E-state index is 5.05. The van der Waals surface area contributed by atoms with Crippen LogP contribution in [0, 0.1) is 5.92 Å². The molecule has 2 rings (SSSR count). The van der Waals surface area contributed by atoms with E-state index in [1.54, 1.807) is 7.11 Å². The number of hydrogen-bond donors (Lipinski definition) is 1. The van der Waals surface area contributed by atoms with Crippen molar-refractivity contribution in [3.63, 3.8) is 0 Å². The first kappa shape index (κ1) is 14.4. The summed E-state index contributed by atoms with van der Waals surface area (Å²) in [6, 6.07) is 8.82. The van der Waals surface area contributed by atoms with E-state index in [2.05, 4.69) is 41.4 Å². The Bertz CT molecular complexity index is 381. The van der Waals surface area contributed by atoms with Crippen molar-refractivity contribution >= 4 is 5.69 Å². The molecule has 1 heterocycles. The number of methoxy groups -OCH3 is 1. The highest BCUT2D eigenvalue weighted by atomic mass is 16.5. The molecule has 1 aromatic rings. The third kappa shape index (κ3) is 4.22. The molecule has 1 atom stereocenters. The minimum atomic E-state index is 0.753. The van der Waals surface area contributed by atoms with E-state index in [0.717, 1.165) is 38.6 Å². The van der Waals surface area contributed by atoms with E-state index in [1.807, 2.05) is 0 Å². The molecular formula is C16H26N2O. The van der Waals surface area contributed by atoms with Crippen LogP contribution in [0.1, 0.15) is 18.9 Å². The molecule has 0 spiro atoms. The average Bonchev–Trinajstić information content (AvgIpc) is 2.42. The second kappa shape index (κ2) is 7.51. The Kier molecular flexibility index (Phi) is 5.67. The molecule has 1 aliphatic heterocycles. The highest BCUT2D eigenvalue weighted by molar-refractivity contribution is 5.55. The summed E-state index contributed by atoms with van der Waals surface area (Å²) in [5, 5.41) is 3.49. The van der Waals surface area contributed by atoms with Crippen molar-refractivity contribution in [2.24, 2.45) is 5.92 Å². The third-order valence-electron chi connectivity index (χ3n) is 3.69. The van der Waals surface area contributed by atoms with Gasteiger partial charge in [0, 0.05) is 39.0 Å². The molecule has 1 unspecified atom stereocenters. The first-order valence-electron chi connectivity index (χ1n) is 7.33. The van der Waals surface area contributed by atoms with Gasteiger partial charge in [0.15, 0.2) is 0 Å². The van der Waals surface area contributed by atoms with E-state index in [9.17, 15) is 0 Å². The Balaban J connectivity index is 1.80. The van der Waals surface area contributed by atoms with Gasteiger partial charge in [0.1, 0.15) is 0 Å². The number of benzene rings is 1. The first-order chi connectivity index (χ1) is 9.31. The van der Waals surface area contributed by atoms with E-state index in [1.165, 1.54) is 24.2 Å². The lowest BCUT2D eigenvalue weighted by Crippen LogP contribution is -2.39. The number of nitrogens with one attached hydrogen (secondary N) is 1. The Labute approximate surface area is 116 Å². The molecule has 1 aliphatic rings. The number of fused-ring (bicyclic) bond motifs is 1. The Morgan fingerprint density at radius 2 is 2.16 bits per heavy atom. The molecule has 19 heavy (non-hydrogen) atoms. The predicted molar refractivity (Wildman–Crippen MR) is 80.9 cm³/mol. The number of ether oxygens (including phenoxy) is 1. The van der Waals surface area contributed by atoms with Gasteiger partial charge in [-0.05, 0) is 36.9 Å². The van der Waals surface area contributed by atoms with Crippen LogP contribution in [-0.4, -0.2) is 39.9 Å². The van der Waals surface area contributed by atoms with E-state index in [4.69, 9.17) is 4.74 Å². The summed E-state index contributed by atoms with van der Waals surface area (Å²) in [4.78, 5) is 2.52. The van der Waals surface area contributed by atoms with Gasteiger partial charge in [0.25, 0.3) is 0 Å². The molecule has 3 heteroatoms. The van der Waals surface area contributed by atoms with Gasteiger partial charge >= 0.3 is 0 Å². The maximum Gasteiger partial charge on any atom is 0.0474 e. The zero-order valence-corrected chi connectivity index (χ0v) is 12.2. The highest BCUT2D eigenvalue weighted by Crippen LogP contribution is 2.28. The van der Waals surface area contributed by atoms with Gasteiger partial charge in [0.05, 0.1) is 0 Å². The molecule has 106 valence electrons. The number of nitrogens with zero attached hydrogens (tertiary/aromatic N) is 1. The number of rotatable bonds is 7. The largest absolute Gasteiger partial charge is 0.385 e. The molecule has 0 aromatic heterocycles. The molecule has 0 aliphatic carbocycles. The minimum Gasteiger partial charge on any atom is -0.385 e. The van der Waals surface area contributed by atoms with Crippen molar-refractivity contribution in [1.82, 2.24) is 5.32 Å². The molecular weight excluding hydrogens is 236 g/mol. The zero-order chi connectivity index (χ0) is 13.5. The van der Waals surface area contributed by atoms with Crippen LogP contribution in [0.15, 0.2) is 24.3 Å². The SMILES string of the molecule is COCCCNCCN1CC(C)Cc2ccccc21. The molecule has 0 fully saturated rings. The quantitative estimate of drug-likeness (QED) is 0.763. The topological polar surface area (TPSA) is 24.5 Å². The minimum absolute atomic E-state index is 0.753. The van der Waals surface area contributed by atoms with Crippen molar-refractivity contribution in [1.29, 1.82) is 0 Å². The van der Waals surface area contributed by atoms with E-state index >= 15 is 0 Å². The number of anilines is 1. The van der Waals surface area contributed by atoms with E-state index in [0.29, 0.717) is 0 Å². The fourth-order valence-electron chi connectivity index (χ4n) is 2.80. The van der Waals surface area contributed by atoms with Gasteiger partial charge in [-0.1, -0.05) is 25.1 Å². The van der Waals surface area contributed by atoms with Crippen LogP contribution < -0.4 is 10.2 Å². The second-order valence-electron chi connectivity index (χ2n) is 5.48. The van der Waals surface area contributed by atoms with Crippen molar-refractivity contribution < 1.29 is 4.74 Å². The second-order valence-corrected chi connectivity index (χ2v) is 5.48. The molecule has 0 radical (unpaired) electrons. The van der Waals surface area contributed by atoms with Crippen LogP contribution >= 0.6 is 0 Å². The average molecular weight is 262 g/mol. The van der Waals surface area contributed by atoms with Crippen molar-refractivity contribution in [3.8, 4) is 0 Å². The summed E-state index contributed by atoms with van der Waals surface area (Å²) in [5.74, 6) is 0.753. The monoisotopic (exact) mass is 262 g/mol.